The summed E-state index contributed by atoms with van der Waals surface area (Å²) < 4.78 is 19.3. The van der Waals surface area contributed by atoms with Crippen LogP contribution in [0.25, 0.3) is 11.3 Å². The number of aromatic nitrogens is 1. The molecule has 0 aliphatic rings. The van der Waals surface area contributed by atoms with Crippen LogP contribution in [0, 0.1) is 5.82 Å². The molecule has 0 spiro atoms. The Kier molecular flexibility index (Phi) is 4.90. The van der Waals surface area contributed by atoms with Crippen molar-refractivity contribution in [3.8, 4) is 11.3 Å². The molecular formula is C17H16FN3O2S. The molecule has 1 amide bonds. The lowest BCUT2D eigenvalue weighted by atomic mass is 10.1. The summed E-state index contributed by atoms with van der Waals surface area (Å²) in [7, 11) is 1.59. The first-order valence-electron chi connectivity index (χ1n) is 7.37. The fraction of sp³-hybridized carbons (Fsp3) is 0.176. The van der Waals surface area contributed by atoms with E-state index in [0.717, 1.165) is 16.3 Å². The molecule has 2 aromatic heterocycles. The second kappa shape index (κ2) is 7.27. The first-order chi connectivity index (χ1) is 11.7. The van der Waals surface area contributed by atoms with Crippen LogP contribution >= 0.6 is 11.3 Å². The number of carbonyl (C=O) groups is 1. The molecule has 2 heterocycles. The highest BCUT2D eigenvalue weighted by atomic mass is 32.1. The third-order valence-corrected chi connectivity index (χ3v) is 4.32. The average Bonchev–Trinajstić information content (AvgIpc) is 3.26. The number of carbonyl (C=O) groups excluding carboxylic acids is 1. The van der Waals surface area contributed by atoms with Crippen LogP contribution in [0.1, 0.15) is 10.7 Å². The maximum atomic E-state index is 14.0. The Bertz CT molecular complexity index is 830. The van der Waals surface area contributed by atoms with Crippen molar-refractivity contribution in [2.75, 3.05) is 12.4 Å². The van der Waals surface area contributed by atoms with Gasteiger partial charge in [0.05, 0.1) is 30.6 Å². The number of furan rings is 1. The monoisotopic (exact) mass is 345 g/mol. The Balaban J connectivity index is 1.68. The number of likely N-dealkylation sites (N-methyl/N-ethyl adjacent to an activating group) is 1. The zero-order chi connectivity index (χ0) is 16.9. The fourth-order valence-electron chi connectivity index (χ4n) is 2.18. The quantitative estimate of drug-likeness (QED) is 0.718. The molecule has 2 N–H and O–H groups in total. The Hall–Kier alpha value is -2.67. The Morgan fingerprint density at radius 1 is 1.38 bits per heavy atom. The number of nitrogens with one attached hydrogen (secondary N) is 2. The summed E-state index contributed by atoms with van der Waals surface area (Å²) in [4.78, 5) is 15.7. The van der Waals surface area contributed by atoms with E-state index in [0.29, 0.717) is 18.0 Å². The maximum absolute atomic E-state index is 14.0. The van der Waals surface area contributed by atoms with Crippen LogP contribution in [0.4, 0.5) is 10.1 Å². The maximum Gasteiger partial charge on any atom is 0.226 e. The molecule has 0 atom stereocenters. The Morgan fingerprint density at radius 3 is 3.00 bits per heavy atom. The van der Waals surface area contributed by atoms with Crippen LogP contribution in [0.3, 0.4) is 0 Å². The van der Waals surface area contributed by atoms with Gasteiger partial charge in [-0.05, 0) is 30.3 Å². The van der Waals surface area contributed by atoms with Gasteiger partial charge in [-0.25, -0.2) is 9.37 Å². The van der Waals surface area contributed by atoms with Crippen molar-refractivity contribution in [2.45, 2.75) is 13.0 Å². The minimum atomic E-state index is -0.342. The van der Waals surface area contributed by atoms with E-state index < -0.39 is 0 Å². The third-order valence-electron chi connectivity index (χ3n) is 3.42. The summed E-state index contributed by atoms with van der Waals surface area (Å²) in [5, 5.41) is 8.19. The lowest BCUT2D eigenvalue weighted by molar-refractivity contribution is -0.119. The van der Waals surface area contributed by atoms with E-state index in [4.69, 9.17) is 4.42 Å². The zero-order valence-electron chi connectivity index (χ0n) is 13.0. The minimum Gasteiger partial charge on any atom is -0.464 e. The highest BCUT2D eigenvalue weighted by Crippen LogP contribution is 2.25. The standard InChI is InChI=1S/C17H16FN3O2S/c1-19-16(22)8-17-21-12(10-24-17)9-20-14-7-11(4-5-13(14)18)15-3-2-6-23-15/h2-7,10,20H,8-9H2,1H3,(H,19,22). The first-order valence-corrected chi connectivity index (χ1v) is 8.25. The van der Waals surface area contributed by atoms with Crippen molar-refractivity contribution in [1.29, 1.82) is 0 Å². The van der Waals surface area contributed by atoms with E-state index in [-0.39, 0.29) is 18.1 Å². The van der Waals surface area contributed by atoms with Gasteiger partial charge in [0.2, 0.25) is 5.91 Å². The molecule has 0 fully saturated rings. The summed E-state index contributed by atoms with van der Waals surface area (Å²) in [5.41, 5.74) is 1.94. The van der Waals surface area contributed by atoms with Crippen LogP contribution in [0.2, 0.25) is 0 Å². The number of nitrogens with zero attached hydrogens (tertiary/aromatic N) is 1. The highest BCUT2D eigenvalue weighted by Gasteiger charge is 2.09. The average molecular weight is 345 g/mol. The topological polar surface area (TPSA) is 67.2 Å². The molecule has 24 heavy (non-hydrogen) atoms. The van der Waals surface area contributed by atoms with Gasteiger partial charge in [0, 0.05) is 18.0 Å². The minimum absolute atomic E-state index is 0.0824. The molecule has 0 aliphatic carbocycles. The molecule has 3 rings (SSSR count). The van der Waals surface area contributed by atoms with Gasteiger partial charge in [-0.15, -0.1) is 11.3 Å². The van der Waals surface area contributed by atoms with Crippen molar-refractivity contribution in [1.82, 2.24) is 10.3 Å². The highest BCUT2D eigenvalue weighted by molar-refractivity contribution is 7.09. The molecular weight excluding hydrogens is 329 g/mol. The van der Waals surface area contributed by atoms with Crippen LogP contribution in [0.5, 0.6) is 0 Å². The SMILES string of the molecule is CNC(=O)Cc1nc(CNc2cc(-c3ccco3)ccc2F)cs1. The molecule has 5 nitrogen and oxygen atoms in total. The number of benzene rings is 1. The van der Waals surface area contributed by atoms with E-state index in [1.54, 1.807) is 31.5 Å². The molecule has 1 aromatic carbocycles. The molecule has 0 aliphatic heterocycles. The second-order valence-electron chi connectivity index (χ2n) is 5.11. The van der Waals surface area contributed by atoms with Gasteiger partial charge < -0.3 is 15.1 Å². The number of hydrogen-bond donors (Lipinski definition) is 2. The van der Waals surface area contributed by atoms with Crippen molar-refractivity contribution < 1.29 is 13.6 Å². The molecule has 0 bridgehead atoms. The van der Waals surface area contributed by atoms with Crippen LogP contribution in [0.15, 0.2) is 46.4 Å². The Labute approximate surface area is 142 Å². The number of hydrogen-bond acceptors (Lipinski definition) is 5. The van der Waals surface area contributed by atoms with Gasteiger partial charge in [-0.3, -0.25) is 4.79 Å². The second-order valence-corrected chi connectivity index (χ2v) is 6.05. The zero-order valence-corrected chi connectivity index (χ0v) is 13.8. The summed E-state index contributed by atoms with van der Waals surface area (Å²) in [6.07, 6.45) is 1.83. The van der Waals surface area contributed by atoms with Crippen LogP contribution in [-0.2, 0) is 17.8 Å². The van der Waals surface area contributed by atoms with E-state index in [1.807, 2.05) is 11.4 Å². The molecule has 3 aromatic rings. The lowest BCUT2D eigenvalue weighted by Crippen LogP contribution is -2.19. The third kappa shape index (κ3) is 3.80. The van der Waals surface area contributed by atoms with Gasteiger partial charge in [0.25, 0.3) is 0 Å². The summed E-state index contributed by atoms with van der Waals surface area (Å²) >= 11 is 1.41. The summed E-state index contributed by atoms with van der Waals surface area (Å²) in [6, 6.07) is 8.38. The molecule has 0 saturated heterocycles. The predicted molar refractivity (Wildman–Crippen MR) is 91.3 cm³/mol. The molecule has 124 valence electrons. The number of anilines is 1. The normalized spacial score (nSPS) is 10.6. The van der Waals surface area contributed by atoms with Crippen molar-refractivity contribution in [3.05, 3.63) is 58.5 Å². The smallest absolute Gasteiger partial charge is 0.226 e. The van der Waals surface area contributed by atoms with E-state index in [2.05, 4.69) is 15.6 Å². The molecule has 0 unspecified atom stereocenters. The summed E-state index contributed by atoms with van der Waals surface area (Å²) in [6.45, 7) is 0.378. The molecule has 0 saturated carbocycles. The Morgan fingerprint density at radius 2 is 2.25 bits per heavy atom. The van der Waals surface area contributed by atoms with Crippen molar-refractivity contribution in [3.63, 3.8) is 0 Å². The predicted octanol–water partition coefficient (Wildman–Crippen LogP) is 3.44. The van der Waals surface area contributed by atoms with Gasteiger partial charge in [-0.2, -0.15) is 0 Å². The van der Waals surface area contributed by atoms with E-state index in [9.17, 15) is 9.18 Å². The number of halogens is 1. The number of amides is 1. The van der Waals surface area contributed by atoms with Crippen LogP contribution < -0.4 is 10.6 Å². The van der Waals surface area contributed by atoms with Crippen LogP contribution in [-0.4, -0.2) is 17.9 Å². The van der Waals surface area contributed by atoms with Gasteiger partial charge in [0.1, 0.15) is 16.6 Å². The largest absolute Gasteiger partial charge is 0.464 e. The van der Waals surface area contributed by atoms with Crippen molar-refractivity contribution >= 4 is 22.9 Å². The van der Waals surface area contributed by atoms with Gasteiger partial charge >= 0.3 is 0 Å². The van der Waals surface area contributed by atoms with Gasteiger partial charge in [0.15, 0.2) is 0 Å². The summed E-state index contributed by atoms with van der Waals surface area (Å²) in [5.74, 6) is 0.256. The number of rotatable bonds is 6. The fourth-order valence-corrected chi connectivity index (χ4v) is 2.97. The lowest BCUT2D eigenvalue weighted by Gasteiger charge is -2.07. The van der Waals surface area contributed by atoms with Gasteiger partial charge in [-0.1, -0.05) is 0 Å². The number of thiazole rings is 1. The van der Waals surface area contributed by atoms with Crippen molar-refractivity contribution in [2.24, 2.45) is 0 Å². The molecule has 0 radical (unpaired) electrons. The molecule has 7 heteroatoms. The van der Waals surface area contributed by atoms with E-state index >= 15 is 0 Å². The first kappa shape index (κ1) is 16.2. The van der Waals surface area contributed by atoms with E-state index in [1.165, 1.54) is 17.4 Å².